The number of non-ortho nitro benzene ring substituents is 1. The highest BCUT2D eigenvalue weighted by Gasteiger charge is 2.03. The maximum atomic E-state index is 10.7. The number of carboxylic acid groups (broad SMARTS) is 1. The average molecular weight is 296 g/mol. The van der Waals surface area contributed by atoms with Gasteiger partial charge in [0.1, 0.15) is 0 Å². The molecule has 0 bridgehead atoms. The van der Waals surface area contributed by atoms with E-state index in [1.807, 2.05) is 0 Å². The van der Waals surface area contributed by atoms with Gasteiger partial charge in [-0.15, -0.1) is 0 Å². The first kappa shape index (κ1) is 15.1. The van der Waals surface area contributed by atoms with Crippen LogP contribution in [0.1, 0.15) is 11.1 Å². The number of benzene rings is 2. The van der Waals surface area contributed by atoms with Crippen LogP contribution in [-0.4, -0.2) is 22.2 Å². The van der Waals surface area contributed by atoms with Crippen molar-refractivity contribution >= 4 is 29.6 Å². The molecule has 0 saturated carbocycles. The number of aliphatic carboxylic acids is 1. The van der Waals surface area contributed by atoms with Gasteiger partial charge in [-0.05, 0) is 29.3 Å². The number of carboxylic acids is 1. The number of hydrogen-bond donors (Lipinski definition) is 1. The Kier molecular flexibility index (Phi) is 4.77. The Morgan fingerprint density at radius 2 is 1.86 bits per heavy atom. The predicted octanol–water partition coefficient (Wildman–Crippen LogP) is 3.44. The number of nitro benzene ring substituents is 1. The molecular formula is C16H12N2O4. The number of aliphatic imine (C=N–C) groups is 1. The van der Waals surface area contributed by atoms with Crippen LogP contribution in [0.4, 0.5) is 11.4 Å². The molecule has 22 heavy (non-hydrogen) atoms. The average Bonchev–Trinajstić information content (AvgIpc) is 2.51. The molecule has 0 fully saturated rings. The van der Waals surface area contributed by atoms with E-state index in [0.717, 1.165) is 6.08 Å². The molecule has 2 aromatic rings. The number of rotatable bonds is 5. The van der Waals surface area contributed by atoms with Crippen LogP contribution in [0.25, 0.3) is 6.08 Å². The van der Waals surface area contributed by atoms with Crippen molar-refractivity contribution in [3.05, 3.63) is 75.8 Å². The molecule has 0 aromatic heterocycles. The van der Waals surface area contributed by atoms with Crippen molar-refractivity contribution in [2.45, 2.75) is 0 Å². The second kappa shape index (κ2) is 6.94. The maximum Gasteiger partial charge on any atom is 0.328 e. The molecule has 0 radical (unpaired) electrons. The van der Waals surface area contributed by atoms with Crippen molar-refractivity contribution in [1.82, 2.24) is 0 Å². The van der Waals surface area contributed by atoms with Gasteiger partial charge in [0.2, 0.25) is 0 Å². The molecule has 2 aromatic carbocycles. The zero-order chi connectivity index (χ0) is 15.9. The van der Waals surface area contributed by atoms with E-state index in [1.165, 1.54) is 24.4 Å². The van der Waals surface area contributed by atoms with E-state index in [2.05, 4.69) is 4.99 Å². The van der Waals surface area contributed by atoms with E-state index in [9.17, 15) is 14.9 Å². The standard InChI is InChI=1S/C16H12N2O4/c19-16(20)8-7-12-3-1-5-14(9-12)17-11-13-4-2-6-15(10-13)18(21)22/h1-11H,(H,19,20). The minimum atomic E-state index is -1.02. The Hall–Kier alpha value is -3.28. The molecule has 0 spiro atoms. The first-order valence-corrected chi connectivity index (χ1v) is 6.34. The van der Waals surface area contributed by atoms with Gasteiger partial charge in [-0.2, -0.15) is 0 Å². The largest absolute Gasteiger partial charge is 0.478 e. The molecule has 0 amide bonds. The van der Waals surface area contributed by atoms with Gasteiger partial charge in [-0.1, -0.05) is 24.3 Å². The molecule has 0 aliphatic heterocycles. The van der Waals surface area contributed by atoms with Gasteiger partial charge in [0, 0.05) is 24.4 Å². The van der Waals surface area contributed by atoms with Crippen molar-refractivity contribution < 1.29 is 14.8 Å². The van der Waals surface area contributed by atoms with Gasteiger partial charge in [0.15, 0.2) is 0 Å². The van der Waals surface area contributed by atoms with Crippen LogP contribution in [0.5, 0.6) is 0 Å². The number of nitrogens with zero attached hydrogens (tertiary/aromatic N) is 2. The zero-order valence-corrected chi connectivity index (χ0v) is 11.4. The molecule has 0 aliphatic carbocycles. The third-order valence-corrected chi connectivity index (χ3v) is 2.73. The van der Waals surface area contributed by atoms with Crippen LogP contribution in [0.3, 0.4) is 0 Å². The van der Waals surface area contributed by atoms with Gasteiger partial charge in [0.05, 0.1) is 10.6 Å². The minimum absolute atomic E-state index is 0.00194. The molecule has 2 rings (SSSR count). The van der Waals surface area contributed by atoms with Crippen LogP contribution in [0, 0.1) is 10.1 Å². The Balaban J connectivity index is 2.19. The highest BCUT2D eigenvalue weighted by Crippen LogP contribution is 2.16. The van der Waals surface area contributed by atoms with Crippen LogP contribution < -0.4 is 0 Å². The summed E-state index contributed by atoms with van der Waals surface area (Å²) < 4.78 is 0. The van der Waals surface area contributed by atoms with Gasteiger partial charge < -0.3 is 5.11 Å². The van der Waals surface area contributed by atoms with Crippen molar-refractivity contribution in [2.24, 2.45) is 4.99 Å². The molecule has 1 N–H and O–H groups in total. The summed E-state index contributed by atoms with van der Waals surface area (Å²) in [4.78, 5) is 25.0. The van der Waals surface area contributed by atoms with Gasteiger partial charge >= 0.3 is 5.97 Å². The van der Waals surface area contributed by atoms with E-state index >= 15 is 0 Å². The molecule has 0 aliphatic rings. The fraction of sp³-hybridized carbons (Fsp3) is 0. The third-order valence-electron chi connectivity index (χ3n) is 2.73. The van der Waals surface area contributed by atoms with Crippen LogP contribution in [0.15, 0.2) is 59.6 Å². The van der Waals surface area contributed by atoms with E-state index in [1.54, 1.807) is 36.4 Å². The normalized spacial score (nSPS) is 11.1. The lowest BCUT2D eigenvalue weighted by Gasteiger charge is -1.97. The predicted molar refractivity (Wildman–Crippen MR) is 83.5 cm³/mol. The topological polar surface area (TPSA) is 92.8 Å². The first-order chi connectivity index (χ1) is 10.5. The molecule has 6 nitrogen and oxygen atoms in total. The van der Waals surface area contributed by atoms with Crippen LogP contribution in [-0.2, 0) is 4.79 Å². The smallest absolute Gasteiger partial charge is 0.328 e. The minimum Gasteiger partial charge on any atom is -0.478 e. The summed E-state index contributed by atoms with van der Waals surface area (Å²) >= 11 is 0. The third kappa shape index (κ3) is 4.38. The first-order valence-electron chi connectivity index (χ1n) is 6.34. The van der Waals surface area contributed by atoms with Crippen molar-refractivity contribution in [3.63, 3.8) is 0 Å². The summed E-state index contributed by atoms with van der Waals surface area (Å²) in [5, 5.41) is 19.3. The summed E-state index contributed by atoms with van der Waals surface area (Å²) in [6.45, 7) is 0. The summed E-state index contributed by atoms with van der Waals surface area (Å²) in [6, 6.07) is 13.1. The van der Waals surface area contributed by atoms with Crippen LogP contribution in [0.2, 0.25) is 0 Å². The fourth-order valence-corrected chi connectivity index (χ4v) is 1.74. The lowest BCUT2D eigenvalue weighted by atomic mass is 10.2. The van der Waals surface area contributed by atoms with E-state index in [0.29, 0.717) is 16.8 Å². The molecule has 6 heteroatoms. The number of carbonyl (C=O) groups is 1. The Bertz CT molecular complexity index is 766. The Morgan fingerprint density at radius 1 is 1.14 bits per heavy atom. The number of nitro groups is 1. The summed E-state index contributed by atoms with van der Waals surface area (Å²) in [5.41, 5.74) is 1.94. The summed E-state index contributed by atoms with van der Waals surface area (Å²) in [5.74, 6) is -1.02. The van der Waals surface area contributed by atoms with Gasteiger partial charge in [-0.3, -0.25) is 15.1 Å². The second-order valence-corrected chi connectivity index (χ2v) is 4.38. The van der Waals surface area contributed by atoms with Gasteiger partial charge in [0.25, 0.3) is 5.69 Å². The molecule has 0 unspecified atom stereocenters. The van der Waals surface area contributed by atoms with Crippen molar-refractivity contribution in [3.8, 4) is 0 Å². The Morgan fingerprint density at radius 3 is 2.59 bits per heavy atom. The highest BCUT2D eigenvalue weighted by molar-refractivity contribution is 5.86. The zero-order valence-electron chi connectivity index (χ0n) is 11.4. The summed E-state index contributed by atoms with van der Waals surface area (Å²) in [7, 11) is 0. The van der Waals surface area contributed by atoms with Crippen LogP contribution >= 0.6 is 0 Å². The number of hydrogen-bond acceptors (Lipinski definition) is 4. The quantitative estimate of drug-likeness (QED) is 0.396. The second-order valence-electron chi connectivity index (χ2n) is 4.38. The lowest BCUT2D eigenvalue weighted by Crippen LogP contribution is -1.89. The molecule has 110 valence electrons. The SMILES string of the molecule is O=C(O)C=Cc1cccc(N=Cc2cccc([N+](=O)[O-])c2)c1. The van der Waals surface area contributed by atoms with E-state index in [-0.39, 0.29) is 5.69 Å². The molecule has 0 atom stereocenters. The maximum absolute atomic E-state index is 10.7. The molecule has 0 heterocycles. The fourth-order valence-electron chi connectivity index (χ4n) is 1.74. The monoisotopic (exact) mass is 296 g/mol. The summed E-state index contributed by atoms with van der Waals surface area (Å²) in [6.07, 6.45) is 4.03. The Labute approximate surface area is 126 Å². The highest BCUT2D eigenvalue weighted by atomic mass is 16.6. The molecule has 0 saturated heterocycles. The van der Waals surface area contributed by atoms with Crippen molar-refractivity contribution in [2.75, 3.05) is 0 Å². The van der Waals surface area contributed by atoms with E-state index in [4.69, 9.17) is 5.11 Å². The van der Waals surface area contributed by atoms with Crippen molar-refractivity contribution in [1.29, 1.82) is 0 Å². The molecular weight excluding hydrogens is 284 g/mol. The van der Waals surface area contributed by atoms with Gasteiger partial charge in [-0.25, -0.2) is 4.79 Å². The van der Waals surface area contributed by atoms with E-state index < -0.39 is 10.9 Å². The lowest BCUT2D eigenvalue weighted by molar-refractivity contribution is -0.384.